The number of benzene rings is 2. The number of ether oxygens (including phenoxy) is 1. The molecule has 0 amide bonds. The fourth-order valence-corrected chi connectivity index (χ4v) is 1.95. The first-order valence-corrected chi connectivity index (χ1v) is 7.09. The largest absolute Gasteiger partial charge is 0.497 e. The second kappa shape index (κ2) is 7.88. The molecule has 0 spiro atoms. The lowest BCUT2D eigenvalue weighted by Gasteiger charge is -1.98. The second-order valence-corrected chi connectivity index (χ2v) is 5.02. The van der Waals surface area contributed by atoms with E-state index in [9.17, 15) is 0 Å². The van der Waals surface area contributed by atoms with Gasteiger partial charge < -0.3 is 15.5 Å². The number of nitrogens with one attached hydrogen (secondary N) is 1. The van der Waals surface area contributed by atoms with Gasteiger partial charge in [-0.05, 0) is 24.6 Å². The number of imidazole rings is 1. The molecule has 3 rings (SSSR count). The average Bonchev–Trinajstić information content (AvgIpc) is 3.03. The summed E-state index contributed by atoms with van der Waals surface area (Å²) >= 11 is 0. The number of methoxy groups -OCH3 is 1. The van der Waals surface area contributed by atoms with Crippen LogP contribution in [0.1, 0.15) is 16.8 Å². The summed E-state index contributed by atoms with van der Waals surface area (Å²) in [6, 6.07) is 15.9. The Morgan fingerprint density at radius 1 is 1.14 bits per heavy atom. The highest BCUT2D eigenvalue weighted by molar-refractivity contribution is 5.43. The number of anilines is 1. The predicted molar refractivity (Wildman–Crippen MR) is 90.0 cm³/mol. The molecule has 22 heavy (non-hydrogen) atoms. The topological polar surface area (TPSA) is 63.9 Å². The zero-order chi connectivity index (χ0) is 15.8. The van der Waals surface area contributed by atoms with E-state index in [0.29, 0.717) is 0 Å². The van der Waals surface area contributed by atoms with Crippen molar-refractivity contribution in [3.63, 3.8) is 0 Å². The van der Waals surface area contributed by atoms with E-state index in [-0.39, 0.29) is 0 Å². The summed E-state index contributed by atoms with van der Waals surface area (Å²) < 4.78 is 4.92. The Kier molecular flexibility index (Phi) is 5.60. The Balaban J connectivity index is 0.000000172. The van der Waals surface area contributed by atoms with Crippen LogP contribution >= 0.6 is 0 Å². The Morgan fingerprint density at radius 2 is 1.91 bits per heavy atom. The molecule has 4 heteroatoms. The Morgan fingerprint density at radius 3 is 2.45 bits per heavy atom. The maximum Gasteiger partial charge on any atom is 0.120 e. The van der Waals surface area contributed by atoms with Crippen LogP contribution in [0.3, 0.4) is 0 Å². The standard InChI is InChI=1S/C11H12N2.C7H9NO/c1-9-2-4-10(5-3-9)6-11-7-12-8-13-11;1-9-7-4-2-3-6(8)5-7/h2-5,7-8H,6H2,1H3,(H,12,13);2-5H,8H2,1H3. The quantitative estimate of drug-likeness (QED) is 0.726. The lowest BCUT2D eigenvalue weighted by Crippen LogP contribution is -1.87. The molecule has 0 bridgehead atoms. The molecule has 0 aliphatic rings. The van der Waals surface area contributed by atoms with Crippen molar-refractivity contribution in [2.24, 2.45) is 0 Å². The van der Waals surface area contributed by atoms with Gasteiger partial charge in [0.2, 0.25) is 0 Å². The van der Waals surface area contributed by atoms with Crippen LogP contribution in [0.5, 0.6) is 5.75 Å². The van der Waals surface area contributed by atoms with E-state index in [0.717, 1.165) is 23.6 Å². The minimum absolute atomic E-state index is 0.731. The Bertz CT molecular complexity index is 676. The third kappa shape index (κ3) is 4.98. The van der Waals surface area contributed by atoms with Crippen molar-refractivity contribution in [1.82, 2.24) is 9.97 Å². The first-order valence-electron chi connectivity index (χ1n) is 7.09. The fourth-order valence-electron chi connectivity index (χ4n) is 1.95. The summed E-state index contributed by atoms with van der Waals surface area (Å²) in [6.07, 6.45) is 4.50. The molecule has 1 heterocycles. The number of nitrogens with two attached hydrogens (primary N) is 1. The molecule has 0 fully saturated rings. The van der Waals surface area contributed by atoms with Crippen LogP contribution < -0.4 is 10.5 Å². The fraction of sp³-hybridized carbons (Fsp3) is 0.167. The van der Waals surface area contributed by atoms with Gasteiger partial charge in [0, 0.05) is 30.1 Å². The van der Waals surface area contributed by atoms with E-state index >= 15 is 0 Å². The number of nitrogens with zero attached hydrogens (tertiary/aromatic N) is 1. The van der Waals surface area contributed by atoms with E-state index in [1.807, 2.05) is 24.4 Å². The number of H-pyrrole nitrogens is 1. The van der Waals surface area contributed by atoms with Gasteiger partial charge in [0.15, 0.2) is 0 Å². The zero-order valence-corrected chi connectivity index (χ0v) is 12.9. The van der Waals surface area contributed by atoms with Gasteiger partial charge in [-0.25, -0.2) is 4.98 Å². The normalized spacial score (nSPS) is 9.73. The SMILES string of the molecule is COc1cccc(N)c1.Cc1ccc(Cc2cnc[nH]2)cc1. The number of hydrogen-bond donors (Lipinski definition) is 2. The Hall–Kier alpha value is -2.75. The highest BCUT2D eigenvalue weighted by Crippen LogP contribution is 2.12. The molecule has 0 aliphatic heterocycles. The van der Waals surface area contributed by atoms with Crippen molar-refractivity contribution in [2.75, 3.05) is 12.8 Å². The molecule has 3 aromatic rings. The van der Waals surface area contributed by atoms with Gasteiger partial charge in [-0.1, -0.05) is 35.9 Å². The van der Waals surface area contributed by atoms with E-state index in [4.69, 9.17) is 10.5 Å². The van der Waals surface area contributed by atoms with Crippen molar-refractivity contribution >= 4 is 5.69 Å². The molecule has 0 saturated heterocycles. The van der Waals surface area contributed by atoms with Gasteiger partial charge in [-0.3, -0.25) is 0 Å². The number of rotatable bonds is 3. The number of nitrogen functional groups attached to an aromatic ring is 1. The molecule has 1 aromatic heterocycles. The van der Waals surface area contributed by atoms with Gasteiger partial charge in [0.1, 0.15) is 5.75 Å². The van der Waals surface area contributed by atoms with Gasteiger partial charge in [0.05, 0.1) is 13.4 Å². The highest BCUT2D eigenvalue weighted by Gasteiger charge is 1.95. The van der Waals surface area contributed by atoms with Crippen molar-refractivity contribution < 1.29 is 4.74 Å². The lowest BCUT2D eigenvalue weighted by atomic mass is 10.1. The monoisotopic (exact) mass is 295 g/mol. The molecule has 0 radical (unpaired) electrons. The zero-order valence-electron chi connectivity index (χ0n) is 12.9. The molecule has 0 saturated carbocycles. The summed E-state index contributed by atoms with van der Waals surface area (Å²) in [6.45, 7) is 2.10. The van der Waals surface area contributed by atoms with Crippen LogP contribution in [0, 0.1) is 6.92 Å². The smallest absolute Gasteiger partial charge is 0.120 e. The van der Waals surface area contributed by atoms with Crippen LogP contribution in [0.25, 0.3) is 0 Å². The van der Waals surface area contributed by atoms with E-state index in [1.165, 1.54) is 11.1 Å². The number of aromatic nitrogens is 2. The third-order valence-electron chi connectivity index (χ3n) is 3.16. The van der Waals surface area contributed by atoms with Gasteiger partial charge in [0.25, 0.3) is 0 Å². The van der Waals surface area contributed by atoms with Crippen LogP contribution in [0.15, 0.2) is 61.1 Å². The summed E-state index contributed by atoms with van der Waals surface area (Å²) in [5, 5.41) is 0. The second-order valence-electron chi connectivity index (χ2n) is 5.02. The maximum absolute atomic E-state index is 5.45. The highest BCUT2D eigenvalue weighted by atomic mass is 16.5. The summed E-state index contributed by atoms with van der Waals surface area (Å²) in [5.74, 6) is 0.801. The molecule has 0 aliphatic carbocycles. The predicted octanol–water partition coefficient (Wildman–Crippen LogP) is 3.59. The molecule has 4 nitrogen and oxygen atoms in total. The van der Waals surface area contributed by atoms with Gasteiger partial charge >= 0.3 is 0 Å². The molecule has 114 valence electrons. The summed E-state index contributed by atoms with van der Waals surface area (Å²) in [7, 11) is 1.62. The van der Waals surface area contributed by atoms with Crippen LogP contribution in [0.2, 0.25) is 0 Å². The number of aromatic amines is 1. The van der Waals surface area contributed by atoms with Crippen molar-refractivity contribution in [2.45, 2.75) is 13.3 Å². The third-order valence-corrected chi connectivity index (χ3v) is 3.16. The molecular formula is C18H21N3O. The number of aryl methyl sites for hydroxylation is 1. The molecule has 0 unspecified atom stereocenters. The van der Waals surface area contributed by atoms with Crippen LogP contribution in [0.4, 0.5) is 5.69 Å². The first kappa shape index (κ1) is 15.6. The minimum atomic E-state index is 0.731. The first-order chi connectivity index (χ1) is 10.7. The van der Waals surface area contributed by atoms with E-state index < -0.39 is 0 Å². The van der Waals surface area contributed by atoms with Gasteiger partial charge in [-0.15, -0.1) is 0 Å². The molecule has 0 atom stereocenters. The van der Waals surface area contributed by atoms with E-state index in [1.54, 1.807) is 19.5 Å². The molecule has 3 N–H and O–H groups in total. The summed E-state index contributed by atoms with van der Waals surface area (Å²) in [4.78, 5) is 7.07. The molecule has 2 aromatic carbocycles. The van der Waals surface area contributed by atoms with Crippen molar-refractivity contribution in [3.05, 3.63) is 77.9 Å². The average molecular weight is 295 g/mol. The van der Waals surface area contributed by atoms with Gasteiger partial charge in [-0.2, -0.15) is 0 Å². The van der Waals surface area contributed by atoms with E-state index in [2.05, 4.69) is 41.2 Å². The minimum Gasteiger partial charge on any atom is -0.497 e. The Labute approximate surface area is 131 Å². The van der Waals surface area contributed by atoms with Crippen molar-refractivity contribution in [1.29, 1.82) is 0 Å². The lowest BCUT2D eigenvalue weighted by molar-refractivity contribution is 0.415. The number of hydrogen-bond acceptors (Lipinski definition) is 3. The van der Waals surface area contributed by atoms with Crippen LogP contribution in [-0.2, 0) is 6.42 Å². The molecular weight excluding hydrogens is 274 g/mol. The maximum atomic E-state index is 5.45. The van der Waals surface area contributed by atoms with Crippen molar-refractivity contribution in [3.8, 4) is 5.75 Å². The summed E-state index contributed by atoms with van der Waals surface area (Å²) in [5.41, 5.74) is 9.96. The van der Waals surface area contributed by atoms with Crippen LogP contribution in [-0.4, -0.2) is 17.1 Å².